The van der Waals surface area contributed by atoms with Crippen LogP contribution in [0.5, 0.6) is 0 Å². The first-order valence-electron chi connectivity index (χ1n) is 16.7. The predicted octanol–water partition coefficient (Wildman–Crippen LogP) is 5.97. The standard InChI is InChI=1S/C36H49N3O7S/c1-5-44-34(42)28(16-10-9-13-26-19-21-38(22-20-26)35(43)45-24-27-14-7-6-8-15-27)37-29-25-47-31-18-12-11-17-30(31)39(33(29)41)23-32(40)46-36(2,3)4/h6-8,11-12,14-15,17-18,26,28-29,37H,5,9-10,13,16,19-25H2,1-4H3. The van der Waals surface area contributed by atoms with Gasteiger partial charge in [0.15, 0.2) is 0 Å². The van der Waals surface area contributed by atoms with E-state index in [0.717, 1.165) is 42.6 Å². The summed E-state index contributed by atoms with van der Waals surface area (Å²) in [6.07, 6.45) is 4.80. The molecule has 2 amide bonds. The molecule has 47 heavy (non-hydrogen) atoms. The lowest BCUT2D eigenvalue weighted by Gasteiger charge is -2.31. The average molecular weight is 668 g/mol. The predicted molar refractivity (Wildman–Crippen MR) is 182 cm³/mol. The monoisotopic (exact) mass is 667 g/mol. The fourth-order valence-corrected chi connectivity index (χ4v) is 6.98. The molecule has 0 radical (unpaired) electrons. The first kappa shape index (κ1) is 36.3. The number of piperidine rings is 1. The first-order valence-corrected chi connectivity index (χ1v) is 17.7. The number of carbonyl (C=O) groups is 4. The number of benzene rings is 2. The van der Waals surface area contributed by atoms with Gasteiger partial charge in [0, 0.05) is 23.7 Å². The summed E-state index contributed by atoms with van der Waals surface area (Å²) in [5.74, 6) is -0.252. The lowest BCUT2D eigenvalue weighted by atomic mass is 9.91. The number of fused-ring (bicyclic) bond motifs is 1. The molecule has 0 aromatic heterocycles. The van der Waals surface area contributed by atoms with Crippen molar-refractivity contribution in [1.29, 1.82) is 0 Å². The molecule has 0 saturated carbocycles. The van der Waals surface area contributed by atoms with Gasteiger partial charge in [-0.1, -0.05) is 61.7 Å². The quantitative estimate of drug-likeness (QED) is 0.157. The zero-order valence-corrected chi connectivity index (χ0v) is 28.9. The molecule has 1 saturated heterocycles. The number of hydrogen-bond donors (Lipinski definition) is 1. The van der Waals surface area contributed by atoms with Crippen LogP contribution in [0.15, 0.2) is 59.5 Å². The Hall–Kier alpha value is -3.57. The molecular weight excluding hydrogens is 618 g/mol. The maximum atomic E-state index is 13.9. The van der Waals surface area contributed by atoms with Crippen molar-refractivity contribution >= 4 is 41.4 Å². The number of amides is 2. The molecule has 2 aromatic carbocycles. The largest absolute Gasteiger partial charge is 0.465 e. The van der Waals surface area contributed by atoms with Crippen molar-refractivity contribution in [3.05, 3.63) is 60.2 Å². The Morgan fingerprint density at radius 2 is 1.68 bits per heavy atom. The lowest BCUT2D eigenvalue weighted by molar-refractivity contribution is -0.154. The number of anilines is 1. The molecule has 2 aliphatic rings. The van der Waals surface area contributed by atoms with Gasteiger partial charge in [-0.05, 0) is 70.6 Å². The normalized spacial score (nSPS) is 17.8. The van der Waals surface area contributed by atoms with Gasteiger partial charge >= 0.3 is 18.0 Å². The number of para-hydroxylation sites is 1. The molecule has 4 rings (SSSR count). The third kappa shape index (κ3) is 11.3. The van der Waals surface area contributed by atoms with Crippen LogP contribution < -0.4 is 10.2 Å². The Bertz CT molecular complexity index is 1340. The van der Waals surface area contributed by atoms with Crippen LogP contribution in [0.25, 0.3) is 0 Å². The summed E-state index contributed by atoms with van der Waals surface area (Å²) >= 11 is 1.52. The van der Waals surface area contributed by atoms with E-state index < -0.39 is 23.7 Å². The molecule has 2 heterocycles. The molecule has 11 heteroatoms. The van der Waals surface area contributed by atoms with Crippen LogP contribution in [0.4, 0.5) is 10.5 Å². The summed E-state index contributed by atoms with van der Waals surface area (Å²) in [4.78, 5) is 56.4. The molecule has 0 bridgehead atoms. The third-order valence-electron chi connectivity index (χ3n) is 8.24. The number of ether oxygens (including phenoxy) is 3. The smallest absolute Gasteiger partial charge is 0.410 e. The minimum absolute atomic E-state index is 0.223. The fourth-order valence-electron chi connectivity index (χ4n) is 5.89. The van der Waals surface area contributed by atoms with E-state index in [1.165, 1.54) is 16.7 Å². The second-order valence-corrected chi connectivity index (χ2v) is 14.1. The van der Waals surface area contributed by atoms with Crippen LogP contribution >= 0.6 is 11.8 Å². The van der Waals surface area contributed by atoms with Gasteiger partial charge in [-0.2, -0.15) is 0 Å². The highest BCUT2D eigenvalue weighted by atomic mass is 32.2. The summed E-state index contributed by atoms with van der Waals surface area (Å²) in [5, 5.41) is 3.30. The zero-order chi connectivity index (χ0) is 33.8. The van der Waals surface area contributed by atoms with Crippen LogP contribution in [0.3, 0.4) is 0 Å². The van der Waals surface area contributed by atoms with Gasteiger partial charge in [-0.3, -0.25) is 24.6 Å². The molecule has 1 N–H and O–H groups in total. The molecule has 2 aliphatic heterocycles. The Balaban J connectivity index is 1.28. The molecule has 1 fully saturated rings. The molecule has 0 aliphatic carbocycles. The van der Waals surface area contributed by atoms with Gasteiger partial charge in [0.05, 0.1) is 18.3 Å². The molecular formula is C36H49N3O7S. The van der Waals surface area contributed by atoms with E-state index in [4.69, 9.17) is 14.2 Å². The van der Waals surface area contributed by atoms with Gasteiger partial charge in [-0.15, -0.1) is 11.8 Å². The van der Waals surface area contributed by atoms with Crippen molar-refractivity contribution in [1.82, 2.24) is 10.2 Å². The summed E-state index contributed by atoms with van der Waals surface area (Å²) in [6.45, 7) is 8.79. The van der Waals surface area contributed by atoms with Crippen molar-refractivity contribution in [2.24, 2.45) is 5.92 Å². The van der Waals surface area contributed by atoms with Gasteiger partial charge in [0.2, 0.25) is 5.91 Å². The Labute approximate surface area is 282 Å². The number of nitrogens with zero attached hydrogens (tertiary/aromatic N) is 2. The Morgan fingerprint density at radius 1 is 0.979 bits per heavy atom. The second kappa shape index (κ2) is 17.5. The third-order valence-corrected chi connectivity index (χ3v) is 9.40. The van der Waals surface area contributed by atoms with Crippen molar-refractivity contribution < 1.29 is 33.4 Å². The van der Waals surface area contributed by atoms with Crippen molar-refractivity contribution in [2.45, 2.75) is 95.4 Å². The van der Waals surface area contributed by atoms with E-state index in [-0.39, 0.29) is 37.7 Å². The number of carbonyl (C=O) groups excluding carboxylic acids is 4. The number of nitrogens with one attached hydrogen (secondary N) is 1. The summed E-state index contributed by atoms with van der Waals surface area (Å²) in [5.41, 5.74) is 0.940. The van der Waals surface area contributed by atoms with Crippen LogP contribution in [0, 0.1) is 5.92 Å². The maximum absolute atomic E-state index is 13.9. The molecule has 2 unspecified atom stereocenters. The highest BCUT2D eigenvalue weighted by molar-refractivity contribution is 7.99. The van der Waals surface area contributed by atoms with Gasteiger partial charge in [-0.25, -0.2) is 4.79 Å². The fraction of sp³-hybridized carbons (Fsp3) is 0.556. The molecule has 2 aromatic rings. The lowest BCUT2D eigenvalue weighted by Crippen LogP contribution is -2.54. The van der Waals surface area contributed by atoms with E-state index in [9.17, 15) is 19.2 Å². The maximum Gasteiger partial charge on any atom is 0.410 e. The number of likely N-dealkylation sites (tertiary alicyclic amines) is 1. The minimum Gasteiger partial charge on any atom is -0.465 e. The summed E-state index contributed by atoms with van der Waals surface area (Å²) < 4.78 is 16.4. The van der Waals surface area contributed by atoms with Gasteiger partial charge in [0.1, 0.15) is 24.8 Å². The summed E-state index contributed by atoms with van der Waals surface area (Å²) in [6, 6.07) is 15.8. The Morgan fingerprint density at radius 3 is 2.38 bits per heavy atom. The van der Waals surface area contributed by atoms with Crippen LogP contribution in [-0.2, 0) is 35.2 Å². The van der Waals surface area contributed by atoms with Crippen molar-refractivity contribution in [3.8, 4) is 0 Å². The van der Waals surface area contributed by atoms with Crippen molar-refractivity contribution in [3.63, 3.8) is 0 Å². The molecule has 256 valence electrons. The van der Waals surface area contributed by atoms with Crippen LogP contribution in [0.2, 0.25) is 0 Å². The van der Waals surface area contributed by atoms with E-state index in [0.29, 0.717) is 36.9 Å². The topological polar surface area (TPSA) is 114 Å². The molecule has 0 spiro atoms. The van der Waals surface area contributed by atoms with Crippen LogP contribution in [0.1, 0.15) is 71.8 Å². The van der Waals surface area contributed by atoms with E-state index in [1.807, 2.05) is 54.6 Å². The van der Waals surface area contributed by atoms with E-state index >= 15 is 0 Å². The number of thioether (sulfide) groups is 1. The van der Waals surface area contributed by atoms with E-state index in [1.54, 1.807) is 32.6 Å². The molecule has 2 atom stereocenters. The number of hydrogen-bond acceptors (Lipinski definition) is 9. The minimum atomic E-state index is -0.699. The molecule has 10 nitrogen and oxygen atoms in total. The number of unbranched alkanes of at least 4 members (excludes halogenated alkanes) is 1. The van der Waals surface area contributed by atoms with E-state index in [2.05, 4.69) is 5.32 Å². The number of esters is 2. The average Bonchev–Trinajstić information content (AvgIpc) is 3.17. The first-order chi connectivity index (χ1) is 22.5. The summed E-state index contributed by atoms with van der Waals surface area (Å²) in [7, 11) is 0. The van der Waals surface area contributed by atoms with Crippen molar-refractivity contribution in [2.75, 3.05) is 36.9 Å². The SMILES string of the molecule is CCOC(=O)C(CCCCC1CCN(C(=O)OCc2ccccc2)CC1)NC1CSc2ccccc2N(CC(=O)OC(C)(C)C)C1=O. The highest BCUT2D eigenvalue weighted by Gasteiger charge is 2.36. The van der Waals surface area contributed by atoms with Crippen LogP contribution in [-0.4, -0.2) is 78.5 Å². The van der Waals surface area contributed by atoms with Gasteiger partial charge < -0.3 is 19.1 Å². The second-order valence-electron chi connectivity index (χ2n) is 13.1. The zero-order valence-electron chi connectivity index (χ0n) is 28.1. The van der Waals surface area contributed by atoms with Gasteiger partial charge in [0.25, 0.3) is 0 Å². The highest BCUT2D eigenvalue weighted by Crippen LogP contribution is 2.34. The number of rotatable bonds is 13. The Kier molecular flexibility index (Phi) is 13.5.